The highest BCUT2D eigenvalue weighted by Crippen LogP contribution is 2.32. The van der Waals surface area contributed by atoms with Crippen molar-refractivity contribution >= 4 is 5.69 Å². The lowest BCUT2D eigenvalue weighted by atomic mass is 9.80. The van der Waals surface area contributed by atoms with Crippen molar-refractivity contribution in [3.8, 4) is 5.75 Å². The number of anilines is 1. The van der Waals surface area contributed by atoms with Gasteiger partial charge in [0.2, 0.25) is 0 Å². The maximum absolute atomic E-state index is 9.70. The monoisotopic (exact) mass is 247 g/mol. The van der Waals surface area contributed by atoms with Crippen molar-refractivity contribution < 1.29 is 5.11 Å². The molecule has 0 aromatic heterocycles. The van der Waals surface area contributed by atoms with E-state index in [2.05, 4.69) is 32.2 Å². The molecule has 0 bridgehead atoms. The molecule has 18 heavy (non-hydrogen) atoms. The van der Waals surface area contributed by atoms with E-state index in [1.54, 1.807) is 0 Å². The second-order valence-electron chi connectivity index (χ2n) is 6.10. The minimum atomic E-state index is 0.392. The normalized spacial score (nSPS) is 28.1. The maximum Gasteiger partial charge on any atom is 0.118 e. The van der Waals surface area contributed by atoms with Crippen LogP contribution in [0.3, 0.4) is 0 Å². The second-order valence-corrected chi connectivity index (χ2v) is 6.10. The lowest BCUT2D eigenvalue weighted by molar-refractivity contribution is 0.280. The molecule has 1 saturated carbocycles. The Morgan fingerprint density at radius 2 is 1.83 bits per heavy atom. The zero-order valence-corrected chi connectivity index (χ0v) is 12.0. The van der Waals surface area contributed by atoms with Crippen LogP contribution in [0.25, 0.3) is 0 Å². The zero-order chi connectivity index (χ0) is 13.3. The molecule has 0 amide bonds. The van der Waals surface area contributed by atoms with E-state index in [0.29, 0.717) is 11.8 Å². The van der Waals surface area contributed by atoms with Crippen LogP contribution in [-0.4, -0.2) is 11.1 Å². The van der Waals surface area contributed by atoms with Crippen LogP contribution >= 0.6 is 0 Å². The first-order chi connectivity index (χ1) is 8.47. The van der Waals surface area contributed by atoms with E-state index in [4.69, 9.17) is 0 Å². The van der Waals surface area contributed by atoms with Crippen LogP contribution in [0.1, 0.15) is 44.2 Å². The molecule has 2 heteroatoms. The molecule has 1 aliphatic carbocycles. The van der Waals surface area contributed by atoms with Gasteiger partial charge in [0.15, 0.2) is 0 Å². The number of aromatic hydroxyl groups is 1. The number of benzene rings is 1. The summed E-state index contributed by atoms with van der Waals surface area (Å²) in [5.41, 5.74) is 3.25. The Morgan fingerprint density at radius 3 is 2.56 bits per heavy atom. The lowest BCUT2D eigenvalue weighted by Gasteiger charge is -2.34. The summed E-state index contributed by atoms with van der Waals surface area (Å²) in [5, 5.41) is 13.4. The number of hydrogen-bond acceptors (Lipinski definition) is 2. The van der Waals surface area contributed by atoms with Crippen LogP contribution < -0.4 is 5.32 Å². The fourth-order valence-corrected chi connectivity index (χ4v) is 2.89. The SMILES string of the molecule is Cc1cc(NC2CC(C)CCC2C)c(C)cc1O. The number of phenolic OH excluding ortho intramolecular Hbond substituents is 1. The molecule has 1 aliphatic rings. The highest BCUT2D eigenvalue weighted by molar-refractivity contribution is 5.57. The fourth-order valence-electron chi connectivity index (χ4n) is 2.89. The van der Waals surface area contributed by atoms with Gasteiger partial charge in [-0.25, -0.2) is 0 Å². The number of hydrogen-bond donors (Lipinski definition) is 2. The van der Waals surface area contributed by atoms with Gasteiger partial charge in [-0.3, -0.25) is 0 Å². The number of phenols is 1. The van der Waals surface area contributed by atoms with E-state index in [1.165, 1.54) is 24.9 Å². The van der Waals surface area contributed by atoms with Crippen LogP contribution in [0.15, 0.2) is 12.1 Å². The molecule has 0 saturated heterocycles. The van der Waals surface area contributed by atoms with Gasteiger partial charge in [0, 0.05) is 11.7 Å². The molecule has 0 radical (unpaired) electrons. The van der Waals surface area contributed by atoms with Crippen LogP contribution in [0, 0.1) is 25.7 Å². The Labute approximate surface area is 110 Å². The molecule has 2 nitrogen and oxygen atoms in total. The predicted octanol–water partition coefficient (Wildman–Crippen LogP) is 4.25. The summed E-state index contributed by atoms with van der Waals surface area (Å²) in [6.45, 7) is 8.69. The Bertz CT molecular complexity index is 427. The molecular weight excluding hydrogens is 222 g/mol. The molecule has 1 fully saturated rings. The fraction of sp³-hybridized carbons (Fsp3) is 0.625. The van der Waals surface area contributed by atoms with Crippen LogP contribution in [0.5, 0.6) is 5.75 Å². The summed E-state index contributed by atoms with van der Waals surface area (Å²) in [5.74, 6) is 1.94. The Kier molecular flexibility index (Phi) is 3.84. The van der Waals surface area contributed by atoms with Crippen LogP contribution in [0.2, 0.25) is 0 Å². The number of aryl methyl sites for hydroxylation is 2. The van der Waals surface area contributed by atoms with Crippen LogP contribution in [-0.2, 0) is 0 Å². The van der Waals surface area contributed by atoms with Gasteiger partial charge >= 0.3 is 0 Å². The van der Waals surface area contributed by atoms with Gasteiger partial charge in [0.1, 0.15) is 5.75 Å². The molecule has 0 spiro atoms. The van der Waals surface area contributed by atoms with Crippen molar-refractivity contribution in [3.05, 3.63) is 23.3 Å². The van der Waals surface area contributed by atoms with Gasteiger partial charge in [-0.05, 0) is 61.8 Å². The Morgan fingerprint density at radius 1 is 1.11 bits per heavy atom. The van der Waals surface area contributed by atoms with E-state index in [1.807, 2.05) is 13.0 Å². The highest BCUT2D eigenvalue weighted by atomic mass is 16.3. The smallest absolute Gasteiger partial charge is 0.118 e. The standard InChI is InChI=1S/C16H25NO/c1-10-5-6-11(2)14(7-10)17-15-8-13(4)16(18)9-12(15)3/h8-11,14,17-18H,5-7H2,1-4H3. The van der Waals surface area contributed by atoms with Crippen molar-refractivity contribution in [2.45, 2.75) is 53.0 Å². The maximum atomic E-state index is 9.70. The van der Waals surface area contributed by atoms with E-state index in [0.717, 1.165) is 23.0 Å². The molecule has 1 aromatic rings. The average Bonchev–Trinajstić information content (AvgIpc) is 2.30. The van der Waals surface area contributed by atoms with E-state index < -0.39 is 0 Å². The van der Waals surface area contributed by atoms with Crippen molar-refractivity contribution in [1.29, 1.82) is 0 Å². The summed E-state index contributed by atoms with van der Waals surface area (Å²) in [7, 11) is 0. The third-order valence-electron chi connectivity index (χ3n) is 4.34. The first-order valence-electron chi connectivity index (χ1n) is 7.04. The molecule has 3 atom stereocenters. The quantitative estimate of drug-likeness (QED) is 0.766. The van der Waals surface area contributed by atoms with Crippen molar-refractivity contribution in [1.82, 2.24) is 0 Å². The third kappa shape index (κ3) is 2.80. The van der Waals surface area contributed by atoms with Gasteiger partial charge in [-0.15, -0.1) is 0 Å². The lowest BCUT2D eigenvalue weighted by Crippen LogP contribution is -2.33. The van der Waals surface area contributed by atoms with Gasteiger partial charge in [-0.1, -0.05) is 20.3 Å². The number of rotatable bonds is 2. The van der Waals surface area contributed by atoms with E-state index in [-0.39, 0.29) is 0 Å². The topological polar surface area (TPSA) is 32.3 Å². The molecule has 2 N–H and O–H groups in total. The third-order valence-corrected chi connectivity index (χ3v) is 4.34. The van der Waals surface area contributed by atoms with Crippen LogP contribution in [0.4, 0.5) is 5.69 Å². The summed E-state index contributed by atoms with van der Waals surface area (Å²) < 4.78 is 0. The minimum absolute atomic E-state index is 0.392. The van der Waals surface area contributed by atoms with Crippen molar-refractivity contribution in [2.75, 3.05) is 5.32 Å². The van der Waals surface area contributed by atoms with Gasteiger partial charge in [-0.2, -0.15) is 0 Å². The first kappa shape index (κ1) is 13.3. The largest absolute Gasteiger partial charge is 0.508 e. The molecule has 100 valence electrons. The Balaban J connectivity index is 2.15. The predicted molar refractivity (Wildman–Crippen MR) is 77.2 cm³/mol. The van der Waals surface area contributed by atoms with E-state index in [9.17, 15) is 5.11 Å². The first-order valence-corrected chi connectivity index (χ1v) is 7.04. The zero-order valence-electron chi connectivity index (χ0n) is 12.0. The van der Waals surface area contributed by atoms with Gasteiger partial charge in [0.25, 0.3) is 0 Å². The molecule has 0 aliphatic heterocycles. The van der Waals surface area contributed by atoms with Gasteiger partial charge in [0.05, 0.1) is 0 Å². The Hall–Kier alpha value is -1.18. The average molecular weight is 247 g/mol. The molecule has 1 aromatic carbocycles. The molecule has 3 unspecified atom stereocenters. The number of nitrogens with one attached hydrogen (secondary N) is 1. The molecule has 0 heterocycles. The minimum Gasteiger partial charge on any atom is -0.508 e. The van der Waals surface area contributed by atoms with Gasteiger partial charge < -0.3 is 10.4 Å². The molecular formula is C16H25NO. The van der Waals surface area contributed by atoms with E-state index >= 15 is 0 Å². The van der Waals surface area contributed by atoms with Crippen molar-refractivity contribution in [2.24, 2.45) is 11.8 Å². The summed E-state index contributed by atoms with van der Waals surface area (Å²) in [6, 6.07) is 4.49. The summed E-state index contributed by atoms with van der Waals surface area (Å²) in [4.78, 5) is 0. The highest BCUT2D eigenvalue weighted by Gasteiger charge is 2.25. The summed E-state index contributed by atoms with van der Waals surface area (Å²) >= 11 is 0. The second kappa shape index (κ2) is 5.21. The van der Waals surface area contributed by atoms with Crippen molar-refractivity contribution in [3.63, 3.8) is 0 Å². The summed E-state index contributed by atoms with van der Waals surface area (Å²) in [6.07, 6.45) is 3.92. The molecule has 2 rings (SSSR count).